The van der Waals surface area contributed by atoms with Crippen molar-refractivity contribution in [3.63, 3.8) is 0 Å². The van der Waals surface area contributed by atoms with Gasteiger partial charge in [0.25, 0.3) is 0 Å². The SMILES string of the molecule is O=C1C(=Cc2c(OCc3ccc(Cl)cc3Cl)ccc3ccccc23)C(=O)c2ccccc21. The van der Waals surface area contributed by atoms with Crippen molar-refractivity contribution >= 4 is 51.6 Å². The largest absolute Gasteiger partial charge is 0.488 e. The van der Waals surface area contributed by atoms with Gasteiger partial charge < -0.3 is 4.74 Å². The van der Waals surface area contributed by atoms with Crippen LogP contribution in [0.3, 0.4) is 0 Å². The van der Waals surface area contributed by atoms with Crippen LogP contribution in [0.4, 0.5) is 0 Å². The second kappa shape index (κ2) is 8.27. The number of Topliss-reactive ketones (excluding diaryl/α,β-unsaturated/α-hetero) is 2. The smallest absolute Gasteiger partial charge is 0.197 e. The number of allylic oxidation sites excluding steroid dienone is 1. The van der Waals surface area contributed by atoms with E-state index in [9.17, 15) is 9.59 Å². The van der Waals surface area contributed by atoms with E-state index in [4.69, 9.17) is 27.9 Å². The van der Waals surface area contributed by atoms with E-state index in [0.717, 1.165) is 16.3 Å². The van der Waals surface area contributed by atoms with E-state index >= 15 is 0 Å². The molecule has 4 aromatic carbocycles. The molecule has 0 unspecified atom stereocenters. The van der Waals surface area contributed by atoms with Crippen LogP contribution < -0.4 is 4.74 Å². The Kier molecular flexibility index (Phi) is 5.30. The first-order valence-corrected chi connectivity index (χ1v) is 10.8. The van der Waals surface area contributed by atoms with Crippen LogP contribution in [0.25, 0.3) is 16.8 Å². The molecular formula is C27H16Cl2O3. The van der Waals surface area contributed by atoms with Gasteiger partial charge in [0.05, 0.1) is 5.57 Å². The van der Waals surface area contributed by atoms with E-state index < -0.39 is 0 Å². The van der Waals surface area contributed by atoms with Crippen LogP contribution in [0.1, 0.15) is 31.8 Å². The molecule has 5 rings (SSSR count). The Morgan fingerprint density at radius 1 is 0.781 bits per heavy atom. The molecule has 4 aromatic rings. The minimum atomic E-state index is -0.273. The van der Waals surface area contributed by atoms with Crippen molar-refractivity contribution < 1.29 is 14.3 Å². The zero-order valence-electron chi connectivity index (χ0n) is 16.8. The highest BCUT2D eigenvalue weighted by Gasteiger charge is 2.33. The monoisotopic (exact) mass is 458 g/mol. The molecule has 0 spiro atoms. The van der Waals surface area contributed by atoms with Gasteiger partial charge in [-0.25, -0.2) is 0 Å². The Balaban J connectivity index is 1.60. The standard InChI is InChI=1S/C27H16Cl2O3/c28-18-11-9-17(24(29)13-18)15-32-25-12-10-16-5-1-2-6-19(16)22(25)14-23-26(30)20-7-3-4-8-21(20)27(23)31/h1-14H,15H2. The van der Waals surface area contributed by atoms with E-state index in [1.807, 2.05) is 42.5 Å². The molecule has 0 aromatic heterocycles. The Morgan fingerprint density at radius 2 is 1.47 bits per heavy atom. The van der Waals surface area contributed by atoms with E-state index in [0.29, 0.717) is 32.5 Å². The van der Waals surface area contributed by atoms with Gasteiger partial charge in [0.15, 0.2) is 11.6 Å². The second-order valence-electron chi connectivity index (χ2n) is 7.48. The number of benzene rings is 4. The first-order chi connectivity index (χ1) is 15.5. The summed E-state index contributed by atoms with van der Waals surface area (Å²) in [7, 11) is 0. The van der Waals surface area contributed by atoms with Gasteiger partial charge in [-0.1, -0.05) is 83.9 Å². The molecule has 0 fully saturated rings. The molecule has 0 aliphatic heterocycles. The third-order valence-corrected chi connectivity index (χ3v) is 6.11. The Bertz CT molecular complexity index is 1400. The summed E-state index contributed by atoms with van der Waals surface area (Å²) in [5, 5.41) is 2.92. The third kappa shape index (κ3) is 3.60. The lowest BCUT2D eigenvalue weighted by molar-refractivity contribution is 0.0990. The van der Waals surface area contributed by atoms with Crippen LogP contribution in [0.5, 0.6) is 5.75 Å². The zero-order valence-corrected chi connectivity index (χ0v) is 18.3. The minimum absolute atomic E-state index is 0.136. The number of rotatable bonds is 4. The molecule has 1 aliphatic rings. The number of carbonyl (C=O) groups excluding carboxylic acids is 2. The predicted octanol–water partition coefficient (Wildman–Crippen LogP) is 7.19. The molecule has 0 heterocycles. The first-order valence-electron chi connectivity index (χ1n) is 10.0. The molecule has 0 N–H and O–H groups in total. The van der Waals surface area contributed by atoms with Gasteiger partial charge >= 0.3 is 0 Å². The fraction of sp³-hybridized carbons (Fsp3) is 0.0370. The van der Waals surface area contributed by atoms with Gasteiger partial charge in [-0.3, -0.25) is 9.59 Å². The highest BCUT2D eigenvalue weighted by Crippen LogP contribution is 2.35. The molecule has 32 heavy (non-hydrogen) atoms. The van der Waals surface area contributed by atoms with Gasteiger partial charge in [-0.05, 0) is 35.0 Å². The Hall–Kier alpha value is -3.40. The molecule has 0 radical (unpaired) electrons. The molecule has 0 amide bonds. The lowest BCUT2D eigenvalue weighted by atomic mass is 9.99. The number of halogens is 2. The van der Waals surface area contributed by atoms with E-state index in [-0.39, 0.29) is 23.7 Å². The normalized spacial score (nSPS) is 12.9. The highest BCUT2D eigenvalue weighted by atomic mass is 35.5. The molecule has 3 nitrogen and oxygen atoms in total. The average molecular weight is 459 g/mol. The number of ketones is 2. The van der Waals surface area contributed by atoms with Crippen LogP contribution in [-0.2, 0) is 6.61 Å². The Labute approximate surface area is 194 Å². The second-order valence-corrected chi connectivity index (χ2v) is 8.33. The summed E-state index contributed by atoms with van der Waals surface area (Å²) >= 11 is 12.3. The fourth-order valence-electron chi connectivity index (χ4n) is 3.89. The maximum absolute atomic E-state index is 13.0. The average Bonchev–Trinajstić information content (AvgIpc) is 3.04. The number of hydrogen-bond acceptors (Lipinski definition) is 3. The molecule has 0 bridgehead atoms. The quantitative estimate of drug-likeness (QED) is 0.240. The molecule has 156 valence electrons. The molecule has 5 heteroatoms. The molecule has 0 saturated heterocycles. The summed E-state index contributed by atoms with van der Waals surface area (Å²) in [5.41, 5.74) is 2.46. The maximum atomic E-state index is 13.0. The van der Waals surface area contributed by atoms with Crippen LogP contribution in [0.2, 0.25) is 10.0 Å². The van der Waals surface area contributed by atoms with Gasteiger partial charge in [-0.15, -0.1) is 0 Å². The van der Waals surface area contributed by atoms with Crippen molar-refractivity contribution in [2.75, 3.05) is 0 Å². The van der Waals surface area contributed by atoms with Crippen molar-refractivity contribution in [3.05, 3.63) is 117 Å². The number of ether oxygens (including phenoxy) is 1. The van der Waals surface area contributed by atoms with E-state index in [1.54, 1.807) is 42.5 Å². The number of hydrogen-bond donors (Lipinski definition) is 0. The molecular weight excluding hydrogens is 443 g/mol. The first kappa shape index (κ1) is 20.5. The lowest BCUT2D eigenvalue weighted by Gasteiger charge is -2.13. The van der Waals surface area contributed by atoms with Crippen LogP contribution in [-0.4, -0.2) is 11.6 Å². The van der Waals surface area contributed by atoms with E-state index in [1.165, 1.54) is 0 Å². The molecule has 1 aliphatic carbocycles. The van der Waals surface area contributed by atoms with Gasteiger partial charge in [0.1, 0.15) is 12.4 Å². The zero-order chi connectivity index (χ0) is 22.2. The topological polar surface area (TPSA) is 43.4 Å². The summed E-state index contributed by atoms with van der Waals surface area (Å²) in [6.07, 6.45) is 1.64. The van der Waals surface area contributed by atoms with Crippen molar-refractivity contribution in [1.82, 2.24) is 0 Å². The van der Waals surface area contributed by atoms with Crippen LogP contribution in [0.15, 0.2) is 84.4 Å². The summed E-state index contributed by atoms with van der Waals surface area (Å²) in [6, 6.07) is 23.7. The van der Waals surface area contributed by atoms with Gasteiger partial charge in [0.2, 0.25) is 0 Å². The lowest BCUT2D eigenvalue weighted by Crippen LogP contribution is -2.02. The van der Waals surface area contributed by atoms with Crippen molar-refractivity contribution in [2.45, 2.75) is 6.61 Å². The van der Waals surface area contributed by atoms with Crippen molar-refractivity contribution in [1.29, 1.82) is 0 Å². The van der Waals surface area contributed by atoms with Crippen LogP contribution >= 0.6 is 23.2 Å². The van der Waals surface area contributed by atoms with Crippen LogP contribution in [0, 0.1) is 0 Å². The van der Waals surface area contributed by atoms with E-state index in [2.05, 4.69) is 0 Å². The highest BCUT2D eigenvalue weighted by molar-refractivity contribution is 6.41. The number of carbonyl (C=O) groups is 2. The van der Waals surface area contributed by atoms with Gasteiger partial charge in [0, 0.05) is 32.3 Å². The minimum Gasteiger partial charge on any atom is -0.488 e. The summed E-state index contributed by atoms with van der Waals surface area (Å²) in [4.78, 5) is 25.9. The summed E-state index contributed by atoms with van der Waals surface area (Å²) in [5.74, 6) is 0.00855. The Morgan fingerprint density at radius 3 is 2.19 bits per heavy atom. The predicted molar refractivity (Wildman–Crippen MR) is 128 cm³/mol. The summed E-state index contributed by atoms with van der Waals surface area (Å²) < 4.78 is 6.12. The maximum Gasteiger partial charge on any atom is 0.197 e. The molecule has 0 saturated carbocycles. The van der Waals surface area contributed by atoms with Crippen molar-refractivity contribution in [3.8, 4) is 5.75 Å². The fourth-order valence-corrected chi connectivity index (χ4v) is 4.36. The van der Waals surface area contributed by atoms with Crippen molar-refractivity contribution in [2.24, 2.45) is 0 Å². The molecule has 0 atom stereocenters. The number of fused-ring (bicyclic) bond motifs is 2. The summed E-state index contributed by atoms with van der Waals surface area (Å²) in [6.45, 7) is 0.215. The third-order valence-electron chi connectivity index (χ3n) is 5.52. The van der Waals surface area contributed by atoms with Gasteiger partial charge in [-0.2, -0.15) is 0 Å².